The van der Waals surface area contributed by atoms with E-state index < -0.39 is 0 Å². The summed E-state index contributed by atoms with van der Waals surface area (Å²) >= 11 is 0. The lowest BCUT2D eigenvalue weighted by Crippen LogP contribution is -2.33. The van der Waals surface area contributed by atoms with Crippen molar-refractivity contribution in [1.82, 2.24) is 4.90 Å². The lowest BCUT2D eigenvalue weighted by Gasteiger charge is -2.33. The average Bonchev–Trinajstić information content (AvgIpc) is 2.60. The molecule has 0 spiro atoms. The molecule has 0 fully saturated rings. The molecule has 1 aliphatic carbocycles. The highest BCUT2D eigenvalue weighted by Crippen LogP contribution is 2.34. The second-order valence-corrected chi connectivity index (χ2v) is 5.71. The summed E-state index contributed by atoms with van der Waals surface area (Å²) in [7, 11) is 1.87. The molecular weight excluding hydrogens is 272 g/mol. The van der Waals surface area contributed by atoms with Crippen LogP contribution in [0.25, 0.3) is 0 Å². The molecule has 22 heavy (non-hydrogen) atoms. The topological polar surface area (TPSA) is 44.1 Å². The first-order chi connectivity index (χ1) is 10.7. The molecule has 3 heteroatoms. The minimum Gasteiger partial charge on any atom is -0.335 e. The van der Waals surface area contributed by atoms with E-state index in [1.807, 2.05) is 18.0 Å². The number of hydrogen-bond acceptors (Lipinski definition) is 2. The first-order valence-electron chi connectivity index (χ1n) is 7.56. The summed E-state index contributed by atoms with van der Waals surface area (Å²) in [5.41, 5.74) is 3.81. The zero-order valence-corrected chi connectivity index (χ0v) is 12.6. The normalized spacial score (nSPS) is 16.5. The second kappa shape index (κ2) is 6.03. The van der Waals surface area contributed by atoms with Crippen molar-refractivity contribution in [2.75, 3.05) is 7.05 Å². The number of nitriles is 1. The van der Waals surface area contributed by atoms with E-state index in [-0.39, 0.29) is 11.9 Å². The zero-order valence-electron chi connectivity index (χ0n) is 12.6. The minimum absolute atomic E-state index is 0.00573. The Balaban J connectivity index is 1.86. The number of hydrogen-bond donors (Lipinski definition) is 0. The fraction of sp³-hybridized carbons (Fsp3) is 0.263. The Hall–Kier alpha value is -2.60. The monoisotopic (exact) mass is 290 g/mol. The van der Waals surface area contributed by atoms with E-state index in [1.54, 1.807) is 24.3 Å². The van der Waals surface area contributed by atoms with E-state index in [0.717, 1.165) is 19.3 Å². The molecule has 0 saturated heterocycles. The third-order valence-corrected chi connectivity index (χ3v) is 4.39. The van der Waals surface area contributed by atoms with Crippen LogP contribution in [0.4, 0.5) is 0 Å². The third-order valence-electron chi connectivity index (χ3n) is 4.39. The molecule has 2 aromatic rings. The van der Waals surface area contributed by atoms with Gasteiger partial charge in [-0.2, -0.15) is 5.26 Å². The molecule has 0 saturated carbocycles. The summed E-state index contributed by atoms with van der Waals surface area (Å²) < 4.78 is 0. The summed E-state index contributed by atoms with van der Waals surface area (Å²) in [6.07, 6.45) is 3.19. The summed E-state index contributed by atoms with van der Waals surface area (Å²) in [4.78, 5) is 14.5. The van der Waals surface area contributed by atoms with Gasteiger partial charge in [-0.3, -0.25) is 4.79 Å². The second-order valence-electron chi connectivity index (χ2n) is 5.71. The number of benzene rings is 2. The van der Waals surface area contributed by atoms with Crippen molar-refractivity contribution >= 4 is 5.91 Å². The Labute approximate surface area is 130 Å². The van der Waals surface area contributed by atoms with Crippen molar-refractivity contribution < 1.29 is 4.79 Å². The highest BCUT2D eigenvalue weighted by Gasteiger charge is 2.26. The Kier molecular flexibility index (Phi) is 3.93. The highest BCUT2D eigenvalue weighted by atomic mass is 16.2. The number of fused-ring (bicyclic) bond motifs is 1. The summed E-state index contributed by atoms with van der Waals surface area (Å²) in [6, 6.07) is 17.4. The van der Waals surface area contributed by atoms with E-state index >= 15 is 0 Å². The van der Waals surface area contributed by atoms with Crippen LogP contribution >= 0.6 is 0 Å². The van der Waals surface area contributed by atoms with Crippen LogP contribution in [0.3, 0.4) is 0 Å². The Bertz CT molecular complexity index is 728. The van der Waals surface area contributed by atoms with Crippen LogP contribution in [0, 0.1) is 11.3 Å². The van der Waals surface area contributed by atoms with Crippen LogP contribution in [0.5, 0.6) is 0 Å². The maximum absolute atomic E-state index is 12.7. The van der Waals surface area contributed by atoms with Gasteiger partial charge in [0.15, 0.2) is 0 Å². The van der Waals surface area contributed by atoms with Gasteiger partial charge in [-0.15, -0.1) is 0 Å². The van der Waals surface area contributed by atoms with Gasteiger partial charge in [0.25, 0.3) is 5.91 Å². The first kappa shape index (κ1) is 14.3. The van der Waals surface area contributed by atoms with Crippen LogP contribution in [-0.2, 0) is 6.42 Å². The van der Waals surface area contributed by atoms with E-state index in [9.17, 15) is 4.79 Å². The van der Waals surface area contributed by atoms with E-state index in [2.05, 4.69) is 24.3 Å². The van der Waals surface area contributed by atoms with Crippen molar-refractivity contribution in [3.8, 4) is 6.07 Å². The van der Waals surface area contributed by atoms with Gasteiger partial charge >= 0.3 is 0 Å². The lowest BCUT2D eigenvalue weighted by atomic mass is 9.87. The molecule has 1 atom stereocenters. The Morgan fingerprint density at radius 3 is 2.64 bits per heavy atom. The van der Waals surface area contributed by atoms with Gasteiger partial charge < -0.3 is 4.90 Å². The van der Waals surface area contributed by atoms with Gasteiger partial charge in [-0.05, 0) is 54.7 Å². The Morgan fingerprint density at radius 1 is 1.18 bits per heavy atom. The molecule has 3 nitrogen and oxygen atoms in total. The van der Waals surface area contributed by atoms with E-state index in [4.69, 9.17) is 5.26 Å². The largest absolute Gasteiger partial charge is 0.335 e. The van der Waals surface area contributed by atoms with Crippen molar-refractivity contribution in [1.29, 1.82) is 5.26 Å². The molecule has 2 aromatic carbocycles. The fourth-order valence-electron chi connectivity index (χ4n) is 3.16. The van der Waals surface area contributed by atoms with Crippen LogP contribution < -0.4 is 0 Å². The van der Waals surface area contributed by atoms with Crippen LogP contribution in [0.15, 0.2) is 48.5 Å². The molecule has 1 unspecified atom stereocenters. The average molecular weight is 290 g/mol. The smallest absolute Gasteiger partial charge is 0.254 e. The molecule has 1 aliphatic rings. The molecule has 1 amide bonds. The predicted molar refractivity (Wildman–Crippen MR) is 85.4 cm³/mol. The minimum atomic E-state index is 0.00573. The van der Waals surface area contributed by atoms with Gasteiger partial charge in [-0.1, -0.05) is 24.3 Å². The highest BCUT2D eigenvalue weighted by molar-refractivity contribution is 5.94. The Morgan fingerprint density at radius 2 is 1.91 bits per heavy atom. The molecule has 110 valence electrons. The van der Waals surface area contributed by atoms with Gasteiger partial charge in [0, 0.05) is 12.6 Å². The molecular formula is C19H18N2O. The summed E-state index contributed by atoms with van der Waals surface area (Å²) in [5.74, 6) is 0.00573. The van der Waals surface area contributed by atoms with Gasteiger partial charge in [0.1, 0.15) is 0 Å². The number of carbonyl (C=O) groups excluding carboxylic acids is 1. The van der Waals surface area contributed by atoms with Gasteiger partial charge in [-0.25, -0.2) is 0 Å². The molecule has 0 N–H and O–H groups in total. The number of nitrogens with zero attached hydrogens (tertiary/aromatic N) is 2. The van der Waals surface area contributed by atoms with Crippen LogP contribution in [-0.4, -0.2) is 17.9 Å². The van der Waals surface area contributed by atoms with Gasteiger partial charge in [0.2, 0.25) is 0 Å². The third kappa shape index (κ3) is 2.60. The molecule has 0 aliphatic heterocycles. The molecule has 0 aromatic heterocycles. The van der Waals surface area contributed by atoms with Crippen molar-refractivity contribution in [3.63, 3.8) is 0 Å². The number of aryl methyl sites for hydroxylation is 1. The fourth-order valence-corrected chi connectivity index (χ4v) is 3.16. The van der Waals surface area contributed by atoms with Crippen LogP contribution in [0.2, 0.25) is 0 Å². The molecule has 3 rings (SSSR count). The van der Waals surface area contributed by atoms with E-state index in [1.165, 1.54) is 11.1 Å². The van der Waals surface area contributed by atoms with Crippen molar-refractivity contribution in [3.05, 3.63) is 70.8 Å². The quantitative estimate of drug-likeness (QED) is 0.846. The molecule has 0 bridgehead atoms. The number of amides is 1. The lowest BCUT2D eigenvalue weighted by molar-refractivity contribution is 0.0715. The van der Waals surface area contributed by atoms with Crippen molar-refractivity contribution in [2.45, 2.75) is 25.3 Å². The maximum Gasteiger partial charge on any atom is 0.254 e. The first-order valence-corrected chi connectivity index (χ1v) is 7.56. The summed E-state index contributed by atoms with van der Waals surface area (Å²) in [6.45, 7) is 0. The number of rotatable bonds is 2. The molecule has 0 radical (unpaired) electrons. The van der Waals surface area contributed by atoms with Crippen LogP contribution in [0.1, 0.15) is 45.9 Å². The number of carbonyl (C=O) groups is 1. The SMILES string of the molecule is CN(C(=O)c1ccc(C#N)cc1)C1CCCc2ccccc21. The zero-order chi connectivity index (χ0) is 15.5. The van der Waals surface area contributed by atoms with Crippen molar-refractivity contribution in [2.24, 2.45) is 0 Å². The standard InChI is InChI=1S/C19H18N2O/c1-21(19(22)16-11-9-14(13-20)10-12-16)18-8-4-6-15-5-2-3-7-17(15)18/h2-3,5,7,9-12,18H,4,6,8H2,1H3. The van der Waals surface area contributed by atoms with E-state index in [0.29, 0.717) is 11.1 Å². The summed E-state index contributed by atoms with van der Waals surface area (Å²) in [5, 5.41) is 8.84. The molecule has 0 heterocycles. The van der Waals surface area contributed by atoms with Gasteiger partial charge in [0.05, 0.1) is 17.7 Å². The maximum atomic E-state index is 12.7. The predicted octanol–water partition coefficient (Wildman–Crippen LogP) is 3.71.